The summed E-state index contributed by atoms with van der Waals surface area (Å²) in [6.07, 6.45) is 1.51. The maximum Gasteiger partial charge on any atom is 0.175 e. The minimum Gasteiger partial charge on any atom is -0.312 e. The van der Waals surface area contributed by atoms with Gasteiger partial charge in [-0.2, -0.15) is 0 Å². The molecule has 6 heteroatoms. The zero-order chi connectivity index (χ0) is 14.0. The van der Waals surface area contributed by atoms with Gasteiger partial charge in [0.2, 0.25) is 0 Å². The predicted molar refractivity (Wildman–Crippen MR) is 75.8 cm³/mol. The minimum absolute atomic E-state index is 0.203. The van der Waals surface area contributed by atoms with Crippen LogP contribution in [0.2, 0.25) is 0 Å². The van der Waals surface area contributed by atoms with E-state index in [9.17, 15) is 8.42 Å². The molecule has 2 atom stereocenters. The van der Waals surface area contributed by atoms with Gasteiger partial charge in [0, 0.05) is 25.4 Å². The fraction of sp³-hybridized carbons (Fsp3) is 0.538. The second-order valence-corrected chi connectivity index (χ2v) is 7.21. The highest BCUT2D eigenvalue weighted by Crippen LogP contribution is 2.18. The molecule has 0 aromatic heterocycles. The van der Waals surface area contributed by atoms with Gasteiger partial charge in [0.1, 0.15) is 0 Å². The van der Waals surface area contributed by atoms with Crippen LogP contribution in [0.25, 0.3) is 0 Å². The van der Waals surface area contributed by atoms with E-state index in [1.807, 2.05) is 26.2 Å². The van der Waals surface area contributed by atoms with E-state index in [0.717, 1.165) is 18.7 Å². The molecule has 106 valence electrons. The molecular weight excluding hydrogens is 262 g/mol. The predicted octanol–water partition coefficient (Wildman–Crippen LogP) is 0.212. The van der Waals surface area contributed by atoms with Crippen LogP contribution in [0.4, 0.5) is 0 Å². The van der Waals surface area contributed by atoms with Crippen LogP contribution in [-0.2, 0) is 9.84 Å². The number of benzene rings is 1. The number of nitrogens with one attached hydrogen (secondary N) is 2. The van der Waals surface area contributed by atoms with Crippen molar-refractivity contribution in [3.8, 4) is 0 Å². The molecule has 0 bridgehead atoms. The molecule has 2 N–H and O–H groups in total. The molecule has 5 nitrogen and oxygen atoms in total. The fourth-order valence-corrected chi connectivity index (χ4v) is 2.84. The molecule has 2 unspecified atom stereocenters. The molecule has 0 saturated carbocycles. The average Bonchev–Trinajstić information content (AvgIpc) is 2.38. The van der Waals surface area contributed by atoms with E-state index < -0.39 is 9.84 Å². The highest BCUT2D eigenvalue weighted by Gasteiger charge is 2.23. The van der Waals surface area contributed by atoms with Gasteiger partial charge in [-0.1, -0.05) is 12.1 Å². The lowest BCUT2D eigenvalue weighted by Crippen LogP contribution is -2.56. The van der Waals surface area contributed by atoms with Gasteiger partial charge in [0.15, 0.2) is 9.84 Å². The molecule has 19 heavy (non-hydrogen) atoms. The molecule has 2 rings (SSSR count). The van der Waals surface area contributed by atoms with E-state index in [2.05, 4.69) is 15.5 Å². The van der Waals surface area contributed by atoms with Crippen molar-refractivity contribution >= 4 is 9.84 Å². The summed E-state index contributed by atoms with van der Waals surface area (Å²) in [5, 5.41) is 6.93. The van der Waals surface area contributed by atoms with Gasteiger partial charge in [-0.05, 0) is 31.8 Å². The van der Waals surface area contributed by atoms with E-state index >= 15 is 0 Å². The second-order valence-electron chi connectivity index (χ2n) is 5.20. The van der Waals surface area contributed by atoms with Crippen molar-refractivity contribution in [3.63, 3.8) is 0 Å². The number of hydrogen-bond donors (Lipinski definition) is 2. The Labute approximate surface area is 114 Å². The van der Waals surface area contributed by atoms with Gasteiger partial charge < -0.3 is 5.32 Å². The summed E-state index contributed by atoms with van der Waals surface area (Å²) < 4.78 is 22.9. The zero-order valence-electron chi connectivity index (χ0n) is 11.6. The molecule has 1 saturated heterocycles. The molecule has 0 aliphatic carbocycles. The highest BCUT2D eigenvalue weighted by molar-refractivity contribution is 7.90. The minimum atomic E-state index is -3.12. The first kappa shape index (κ1) is 14.5. The molecule has 1 heterocycles. The smallest absolute Gasteiger partial charge is 0.175 e. The van der Waals surface area contributed by atoms with Crippen LogP contribution < -0.4 is 10.6 Å². The molecule has 1 aliphatic heterocycles. The summed E-state index contributed by atoms with van der Waals surface area (Å²) in [6, 6.07) is 7.31. The lowest BCUT2D eigenvalue weighted by Gasteiger charge is -2.35. The number of nitrogens with zero attached hydrogens (tertiary/aromatic N) is 1. The number of piperazine rings is 1. The summed E-state index contributed by atoms with van der Waals surface area (Å²) in [5.41, 5.74) is 1.10. The molecule has 1 aromatic carbocycles. The Hall–Kier alpha value is -0.950. The van der Waals surface area contributed by atoms with Gasteiger partial charge in [-0.25, -0.2) is 8.42 Å². The van der Waals surface area contributed by atoms with Gasteiger partial charge in [-0.15, -0.1) is 0 Å². The van der Waals surface area contributed by atoms with Gasteiger partial charge in [-0.3, -0.25) is 10.2 Å². The Morgan fingerprint density at radius 2 is 1.79 bits per heavy atom. The molecule has 0 amide bonds. The van der Waals surface area contributed by atoms with Crippen LogP contribution in [0, 0.1) is 0 Å². The quantitative estimate of drug-likeness (QED) is 0.830. The molecule has 1 fully saturated rings. The van der Waals surface area contributed by atoms with Crippen molar-refractivity contribution in [1.82, 2.24) is 15.5 Å². The molecular formula is C13H21N3O2S. The Morgan fingerprint density at radius 1 is 1.16 bits per heavy atom. The maximum absolute atomic E-state index is 11.4. The van der Waals surface area contributed by atoms with Gasteiger partial charge in [0.25, 0.3) is 0 Å². The number of likely N-dealkylation sites (N-methyl/N-ethyl adjacent to an activating group) is 1. The largest absolute Gasteiger partial charge is 0.312 e. The normalized spacial score (nSPS) is 24.6. The summed E-state index contributed by atoms with van der Waals surface area (Å²) in [4.78, 5) is 2.49. The maximum atomic E-state index is 11.4. The van der Waals surface area contributed by atoms with Crippen molar-refractivity contribution in [1.29, 1.82) is 0 Å². The molecule has 0 spiro atoms. The Bertz CT molecular complexity index is 525. The second kappa shape index (κ2) is 5.58. The fourth-order valence-electron chi connectivity index (χ4n) is 2.21. The van der Waals surface area contributed by atoms with Crippen molar-refractivity contribution in [2.24, 2.45) is 0 Å². The topological polar surface area (TPSA) is 61.4 Å². The van der Waals surface area contributed by atoms with Crippen molar-refractivity contribution in [3.05, 3.63) is 29.8 Å². The van der Waals surface area contributed by atoms with Crippen LogP contribution in [0.3, 0.4) is 0 Å². The molecule has 0 radical (unpaired) electrons. The number of hydrogen-bond acceptors (Lipinski definition) is 5. The van der Waals surface area contributed by atoms with Crippen molar-refractivity contribution in [2.45, 2.75) is 17.1 Å². The van der Waals surface area contributed by atoms with Crippen LogP contribution in [0.1, 0.15) is 11.6 Å². The Kier molecular flexibility index (Phi) is 4.25. The Morgan fingerprint density at radius 3 is 2.32 bits per heavy atom. The van der Waals surface area contributed by atoms with Crippen LogP contribution >= 0.6 is 0 Å². The number of sulfone groups is 1. The van der Waals surface area contributed by atoms with Gasteiger partial charge in [0.05, 0.1) is 11.1 Å². The highest BCUT2D eigenvalue weighted by atomic mass is 32.2. The van der Waals surface area contributed by atoms with Crippen molar-refractivity contribution < 1.29 is 8.42 Å². The van der Waals surface area contributed by atoms with E-state index in [0.29, 0.717) is 4.90 Å². The van der Waals surface area contributed by atoms with E-state index in [4.69, 9.17) is 0 Å². The first-order valence-electron chi connectivity index (χ1n) is 6.31. The van der Waals surface area contributed by atoms with Crippen LogP contribution in [0.5, 0.6) is 0 Å². The van der Waals surface area contributed by atoms with E-state index in [-0.39, 0.29) is 12.2 Å². The van der Waals surface area contributed by atoms with Gasteiger partial charge >= 0.3 is 0 Å². The van der Waals surface area contributed by atoms with Crippen LogP contribution in [-0.4, -0.2) is 52.9 Å². The first-order chi connectivity index (χ1) is 8.88. The SMILES string of the molecule is CN(C)C1CNCC(c2ccc(S(C)(=O)=O)cc2)N1. The van der Waals surface area contributed by atoms with E-state index in [1.54, 1.807) is 12.1 Å². The van der Waals surface area contributed by atoms with E-state index in [1.165, 1.54) is 6.26 Å². The van der Waals surface area contributed by atoms with Crippen molar-refractivity contribution in [2.75, 3.05) is 33.4 Å². The molecule has 1 aliphatic rings. The lowest BCUT2D eigenvalue weighted by atomic mass is 10.0. The third-order valence-electron chi connectivity index (χ3n) is 3.41. The third-order valence-corrected chi connectivity index (χ3v) is 4.54. The first-order valence-corrected chi connectivity index (χ1v) is 8.20. The standard InChI is InChI=1S/C13H21N3O2S/c1-16(2)13-9-14-8-12(15-13)10-4-6-11(7-5-10)19(3,17)18/h4-7,12-15H,8-9H2,1-3H3. The monoisotopic (exact) mass is 283 g/mol. The summed E-state index contributed by atoms with van der Waals surface area (Å²) in [7, 11) is 0.954. The van der Waals surface area contributed by atoms with Crippen LogP contribution in [0.15, 0.2) is 29.2 Å². The summed E-state index contributed by atoms with van der Waals surface area (Å²) in [5.74, 6) is 0. The summed E-state index contributed by atoms with van der Waals surface area (Å²) >= 11 is 0. The summed E-state index contributed by atoms with van der Waals surface area (Å²) in [6.45, 7) is 1.76. The zero-order valence-corrected chi connectivity index (χ0v) is 12.4. The lowest BCUT2D eigenvalue weighted by molar-refractivity contribution is 0.187. The Balaban J connectivity index is 2.14. The molecule has 1 aromatic rings. The third kappa shape index (κ3) is 3.54. The average molecular weight is 283 g/mol. The number of rotatable bonds is 3.